The Bertz CT molecular complexity index is 3290. The summed E-state index contributed by atoms with van der Waals surface area (Å²) in [4.78, 5) is 14.8. The molecule has 0 N–H and O–H groups in total. The molecule has 0 spiro atoms. The van der Waals surface area contributed by atoms with Crippen molar-refractivity contribution in [3.8, 4) is 62.1 Å². The Morgan fingerprint density at radius 2 is 1.00 bits per heavy atom. The summed E-state index contributed by atoms with van der Waals surface area (Å²) in [6, 6.07) is 66.3. The van der Waals surface area contributed by atoms with Crippen LogP contribution in [0.5, 0.6) is 0 Å². The molecule has 0 fully saturated rings. The Morgan fingerprint density at radius 1 is 0.400 bits per heavy atom. The molecule has 5 heteroatoms. The molecule has 0 radical (unpaired) electrons. The van der Waals surface area contributed by atoms with Gasteiger partial charge in [0.25, 0.3) is 0 Å². The Hall–Kier alpha value is -7.63. The Balaban J connectivity index is 0.935. The molecule has 0 aliphatic carbocycles. The molecule has 286 valence electrons. The predicted molar refractivity (Wildman–Crippen MR) is 247 cm³/mol. The van der Waals surface area contributed by atoms with Crippen molar-refractivity contribution < 1.29 is 4.42 Å². The molecule has 0 aliphatic rings. The first-order chi connectivity index (χ1) is 29.7. The maximum atomic E-state index is 6.39. The lowest BCUT2D eigenvalue weighted by Crippen LogP contribution is -2.00. The number of benzene rings is 8. The van der Waals surface area contributed by atoms with Crippen LogP contribution >= 0.6 is 0 Å². The van der Waals surface area contributed by atoms with E-state index in [0.717, 1.165) is 67.7 Å². The Labute approximate surface area is 348 Å². The van der Waals surface area contributed by atoms with Gasteiger partial charge in [0.2, 0.25) is 0 Å². The molecule has 60 heavy (non-hydrogen) atoms. The van der Waals surface area contributed by atoms with E-state index in [1.165, 1.54) is 45.5 Å². The van der Waals surface area contributed by atoms with Gasteiger partial charge in [0.15, 0.2) is 17.5 Å². The number of aromatic nitrogens is 4. The van der Waals surface area contributed by atoms with Crippen LogP contribution in [0.25, 0.3) is 106 Å². The highest BCUT2D eigenvalue weighted by molar-refractivity contribution is 6.11. The van der Waals surface area contributed by atoms with Crippen molar-refractivity contribution in [1.29, 1.82) is 0 Å². The van der Waals surface area contributed by atoms with E-state index in [0.29, 0.717) is 17.5 Å². The van der Waals surface area contributed by atoms with Crippen LogP contribution in [-0.4, -0.2) is 19.5 Å². The van der Waals surface area contributed by atoms with E-state index in [1.54, 1.807) is 0 Å². The lowest BCUT2D eigenvalue weighted by atomic mass is 10.0. The zero-order valence-corrected chi connectivity index (χ0v) is 33.2. The second-order valence-corrected chi connectivity index (χ2v) is 15.5. The predicted octanol–water partition coefficient (Wildman–Crippen LogP) is 14.5. The third-order valence-electron chi connectivity index (χ3n) is 11.6. The molecule has 0 saturated carbocycles. The molecule has 0 atom stereocenters. The quantitative estimate of drug-likeness (QED) is 0.147. The molecule has 3 heterocycles. The molecule has 0 aliphatic heterocycles. The first kappa shape index (κ1) is 35.5. The van der Waals surface area contributed by atoms with Crippen LogP contribution < -0.4 is 0 Å². The standard InChI is InChI=1S/C55H40N4O/c1-2-3-13-36-22-31-51-48(32-36)46-29-25-42(35-52(46)60-51)41-26-30-50-47(34-41)45-20-10-11-21-49(45)59(50)44-27-23-37(24-28-44)40-18-12-19-43(33-40)55-57-53(38-14-6-4-7-15-38)56-54(58-55)39-16-8-5-9-17-39/h4-12,14-35H,2-3,13H2,1H3. The minimum absolute atomic E-state index is 0.639. The van der Waals surface area contributed by atoms with Crippen molar-refractivity contribution in [3.63, 3.8) is 0 Å². The van der Waals surface area contributed by atoms with E-state index in [-0.39, 0.29) is 0 Å². The fourth-order valence-electron chi connectivity index (χ4n) is 8.55. The lowest BCUT2D eigenvalue weighted by Gasteiger charge is -2.11. The highest BCUT2D eigenvalue weighted by Crippen LogP contribution is 2.38. The maximum absolute atomic E-state index is 6.39. The molecule has 3 aromatic heterocycles. The van der Waals surface area contributed by atoms with Gasteiger partial charge in [-0.15, -0.1) is 0 Å². The van der Waals surface area contributed by atoms with Crippen LogP contribution in [0.4, 0.5) is 0 Å². The van der Waals surface area contributed by atoms with Gasteiger partial charge in [-0.1, -0.05) is 141 Å². The van der Waals surface area contributed by atoms with E-state index in [2.05, 4.69) is 139 Å². The Morgan fingerprint density at radius 3 is 1.75 bits per heavy atom. The van der Waals surface area contributed by atoms with E-state index in [1.807, 2.05) is 60.7 Å². The number of unbranched alkanes of at least 4 members (excludes halogenated alkanes) is 1. The van der Waals surface area contributed by atoms with Crippen LogP contribution in [0.1, 0.15) is 25.3 Å². The topological polar surface area (TPSA) is 56.7 Å². The van der Waals surface area contributed by atoms with E-state index in [9.17, 15) is 0 Å². The van der Waals surface area contributed by atoms with Gasteiger partial charge in [0, 0.05) is 43.9 Å². The minimum atomic E-state index is 0.639. The summed E-state index contributed by atoms with van der Waals surface area (Å²) >= 11 is 0. The van der Waals surface area contributed by atoms with Gasteiger partial charge >= 0.3 is 0 Å². The van der Waals surface area contributed by atoms with Crippen molar-refractivity contribution in [3.05, 3.63) is 194 Å². The number of para-hydroxylation sites is 1. The SMILES string of the molecule is CCCCc1ccc2oc3cc(-c4ccc5c(c4)c4ccccc4n5-c4ccc(-c5cccc(-c6nc(-c7ccccc7)nc(-c7ccccc7)n6)c5)cc4)ccc3c2c1. The third-order valence-corrected chi connectivity index (χ3v) is 11.6. The molecule has 8 aromatic carbocycles. The highest BCUT2D eigenvalue weighted by Gasteiger charge is 2.16. The highest BCUT2D eigenvalue weighted by atomic mass is 16.3. The van der Waals surface area contributed by atoms with Crippen molar-refractivity contribution in [2.75, 3.05) is 0 Å². The molecule has 11 aromatic rings. The number of rotatable bonds is 9. The molecule has 0 bridgehead atoms. The van der Waals surface area contributed by atoms with Crippen LogP contribution in [-0.2, 0) is 6.42 Å². The lowest BCUT2D eigenvalue weighted by molar-refractivity contribution is 0.668. The fraction of sp³-hybridized carbons (Fsp3) is 0.0727. The molecule has 0 saturated heterocycles. The van der Waals surface area contributed by atoms with Gasteiger partial charge in [0.1, 0.15) is 11.2 Å². The Kier molecular flexibility index (Phi) is 8.85. The zero-order valence-electron chi connectivity index (χ0n) is 33.2. The zero-order chi connectivity index (χ0) is 40.0. The number of fused-ring (bicyclic) bond motifs is 6. The second kappa shape index (κ2) is 14.9. The molecular formula is C55H40N4O. The van der Waals surface area contributed by atoms with Crippen LogP contribution in [0, 0.1) is 0 Å². The molecular weight excluding hydrogens is 733 g/mol. The van der Waals surface area contributed by atoms with E-state index < -0.39 is 0 Å². The first-order valence-corrected chi connectivity index (χ1v) is 20.7. The summed E-state index contributed by atoms with van der Waals surface area (Å²) in [6.07, 6.45) is 3.48. The smallest absolute Gasteiger partial charge is 0.164 e. The minimum Gasteiger partial charge on any atom is -0.456 e. The van der Waals surface area contributed by atoms with Crippen LogP contribution in [0.2, 0.25) is 0 Å². The molecule has 5 nitrogen and oxygen atoms in total. The van der Waals surface area contributed by atoms with Crippen LogP contribution in [0.15, 0.2) is 192 Å². The van der Waals surface area contributed by atoms with Gasteiger partial charge in [0.05, 0.1) is 11.0 Å². The molecule has 0 amide bonds. The first-order valence-electron chi connectivity index (χ1n) is 20.7. The average molecular weight is 773 g/mol. The number of hydrogen-bond donors (Lipinski definition) is 0. The summed E-state index contributed by atoms with van der Waals surface area (Å²) in [5.74, 6) is 1.94. The third kappa shape index (κ3) is 6.41. The number of nitrogens with zero attached hydrogens (tertiary/aromatic N) is 4. The fourth-order valence-corrected chi connectivity index (χ4v) is 8.55. The summed E-state index contributed by atoms with van der Waals surface area (Å²) < 4.78 is 8.76. The van der Waals surface area contributed by atoms with Crippen molar-refractivity contribution in [1.82, 2.24) is 19.5 Å². The van der Waals surface area contributed by atoms with E-state index in [4.69, 9.17) is 19.4 Å². The van der Waals surface area contributed by atoms with Gasteiger partial charge < -0.3 is 8.98 Å². The van der Waals surface area contributed by atoms with Crippen molar-refractivity contribution in [2.24, 2.45) is 0 Å². The maximum Gasteiger partial charge on any atom is 0.164 e. The summed E-state index contributed by atoms with van der Waals surface area (Å²) in [5.41, 5.74) is 14.0. The average Bonchev–Trinajstić information content (AvgIpc) is 3.86. The van der Waals surface area contributed by atoms with Crippen LogP contribution in [0.3, 0.4) is 0 Å². The van der Waals surface area contributed by atoms with E-state index >= 15 is 0 Å². The largest absolute Gasteiger partial charge is 0.456 e. The molecule has 0 unspecified atom stereocenters. The van der Waals surface area contributed by atoms with Gasteiger partial charge in [-0.3, -0.25) is 0 Å². The van der Waals surface area contributed by atoms with Gasteiger partial charge in [-0.2, -0.15) is 0 Å². The second-order valence-electron chi connectivity index (χ2n) is 15.5. The number of furan rings is 1. The van der Waals surface area contributed by atoms with Gasteiger partial charge in [-0.25, -0.2) is 15.0 Å². The number of aryl methyl sites for hydroxylation is 1. The number of hydrogen-bond acceptors (Lipinski definition) is 4. The summed E-state index contributed by atoms with van der Waals surface area (Å²) in [6.45, 7) is 2.24. The van der Waals surface area contributed by atoms with Crippen molar-refractivity contribution in [2.45, 2.75) is 26.2 Å². The van der Waals surface area contributed by atoms with Gasteiger partial charge in [-0.05, 0) is 101 Å². The normalized spacial score (nSPS) is 11.6. The summed E-state index contributed by atoms with van der Waals surface area (Å²) in [5, 5.41) is 4.80. The van der Waals surface area contributed by atoms with Crippen molar-refractivity contribution >= 4 is 43.7 Å². The summed E-state index contributed by atoms with van der Waals surface area (Å²) in [7, 11) is 0. The monoisotopic (exact) mass is 772 g/mol. The molecule has 11 rings (SSSR count).